The Balaban J connectivity index is 2.15. The fraction of sp³-hybridized carbons (Fsp3) is 0.267. The van der Waals surface area contributed by atoms with Crippen LogP contribution in [0, 0.1) is 0 Å². The number of alkyl halides is 2. The van der Waals surface area contributed by atoms with Gasteiger partial charge in [0, 0.05) is 24.4 Å². The number of nitrogens with one attached hydrogen (secondary N) is 1. The smallest absolute Gasteiger partial charge is 0.387 e. The van der Waals surface area contributed by atoms with E-state index in [0.717, 1.165) is 11.3 Å². The molecule has 1 atom stereocenters. The van der Waals surface area contributed by atoms with Crippen molar-refractivity contribution < 1.29 is 13.5 Å². The van der Waals surface area contributed by atoms with Crippen molar-refractivity contribution in [2.24, 2.45) is 0 Å². The van der Waals surface area contributed by atoms with Crippen molar-refractivity contribution in [2.45, 2.75) is 19.1 Å². The summed E-state index contributed by atoms with van der Waals surface area (Å²) in [6, 6.07) is 12.4. The Hall–Kier alpha value is -2.01. The van der Waals surface area contributed by atoms with Crippen LogP contribution in [0.2, 0.25) is 0 Å². The van der Waals surface area contributed by atoms with E-state index in [2.05, 4.69) is 15.0 Å². The summed E-state index contributed by atoms with van der Waals surface area (Å²) in [6.45, 7) is -2.81. The zero-order chi connectivity index (χ0) is 14.4. The molecule has 0 saturated carbocycles. The molecule has 1 aromatic carbocycles. The van der Waals surface area contributed by atoms with E-state index in [-0.39, 0.29) is 11.8 Å². The van der Waals surface area contributed by atoms with Gasteiger partial charge in [0.05, 0.1) is 0 Å². The summed E-state index contributed by atoms with van der Waals surface area (Å²) in [5.74, 6) is 0.166. The van der Waals surface area contributed by atoms with Crippen LogP contribution in [0.3, 0.4) is 0 Å². The number of aromatic nitrogens is 1. The summed E-state index contributed by atoms with van der Waals surface area (Å²) in [5.41, 5.74) is 1.82. The average Bonchev–Trinajstić information content (AvgIpc) is 2.45. The first-order valence-corrected chi connectivity index (χ1v) is 6.31. The maximum atomic E-state index is 12.2. The molecule has 0 amide bonds. The van der Waals surface area contributed by atoms with E-state index in [1.807, 2.05) is 31.3 Å². The lowest BCUT2D eigenvalue weighted by molar-refractivity contribution is -0.0499. The molecule has 2 aromatic rings. The molecule has 0 saturated heterocycles. The van der Waals surface area contributed by atoms with E-state index >= 15 is 0 Å². The van der Waals surface area contributed by atoms with Crippen LogP contribution in [0.5, 0.6) is 5.75 Å². The van der Waals surface area contributed by atoms with Crippen molar-refractivity contribution >= 4 is 0 Å². The Morgan fingerprint density at radius 3 is 2.70 bits per heavy atom. The van der Waals surface area contributed by atoms with Gasteiger partial charge in [-0.3, -0.25) is 4.98 Å². The molecule has 0 radical (unpaired) electrons. The molecule has 106 valence electrons. The van der Waals surface area contributed by atoms with Crippen molar-refractivity contribution in [3.63, 3.8) is 0 Å². The number of benzene rings is 1. The lowest BCUT2D eigenvalue weighted by Gasteiger charge is -2.17. The largest absolute Gasteiger partial charge is 0.435 e. The molecular weight excluding hydrogens is 262 g/mol. The van der Waals surface area contributed by atoms with Crippen molar-refractivity contribution in [1.82, 2.24) is 10.3 Å². The lowest BCUT2D eigenvalue weighted by atomic mass is 10.0. The second-order valence-electron chi connectivity index (χ2n) is 4.32. The third-order valence-electron chi connectivity index (χ3n) is 2.97. The molecular formula is C15H16F2N2O. The van der Waals surface area contributed by atoms with Gasteiger partial charge in [-0.1, -0.05) is 18.2 Å². The molecule has 0 aliphatic rings. The molecule has 20 heavy (non-hydrogen) atoms. The Morgan fingerprint density at radius 2 is 2.05 bits per heavy atom. The molecule has 3 nitrogen and oxygen atoms in total. The second-order valence-corrected chi connectivity index (χ2v) is 4.32. The van der Waals surface area contributed by atoms with Gasteiger partial charge in [-0.05, 0) is 36.9 Å². The third-order valence-corrected chi connectivity index (χ3v) is 2.97. The van der Waals surface area contributed by atoms with Gasteiger partial charge in [-0.15, -0.1) is 0 Å². The first kappa shape index (κ1) is 14.4. The van der Waals surface area contributed by atoms with Crippen LogP contribution < -0.4 is 10.1 Å². The van der Waals surface area contributed by atoms with Gasteiger partial charge in [-0.2, -0.15) is 8.78 Å². The van der Waals surface area contributed by atoms with Gasteiger partial charge >= 0.3 is 6.61 Å². The van der Waals surface area contributed by atoms with E-state index in [0.29, 0.717) is 6.42 Å². The first-order chi connectivity index (χ1) is 9.69. The molecule has 5 heteroatoms. The van der Waals surface area contributed by atoms with E-state index in [1.54, 1.807) is 18.3 Å². The minimum absolute atomic E-state index is 0.00822. The zero-order valence-corrected chi connectivity index (χ0v) is 11.1. The number of ether oxygens (including phenoxy) is 1. The van der Waals surface area contributed by atoms with Crippen molar-refractivity contribution in [1.29, 1.82) is 0 Å². The minimum atomic E-state index is -2.81. The monoisotopic (exact) mass is 278 g/mol. The normalized spacial score (nSPS) is 12.4. The Morgan fingerprint density at radius 1 is 1.20 bits per heavy atom. The molecule has 0 spiro atoms. The maximum Gasteiger partial charge on any atom is 0.387 e. The predicted octanol–water partition coefficient (Wildman–Crippen LogP) is 3.19. The number of pyridine rings is 1. The molecule has 0 aliphatic carbocycles. The highest BCUT2D eigenvalue weighted by atomic mass is 19.3. The van der Waals surface area contributed by atoms with Gasteiger partial charge in [0.25, 0.3) is 0 Å². The molecule has 2 rings (SSSR count). The van der Waals surface area contributed by atoms with Crippen molar-refractivity contribution in [3.05, 3.63) is 59.9 Å². The van der Waals surface area contributed by atoms with Crippen LogP contribution in [0.4, 0.5) is 8.78 Å². The van der Waals surface area contributed by atoms with E-state index in [9.17, 15) is 8.78 Å². The van der Waals surface area contributed by atoms with Gasteiger partial charge < -0.3 is 10.1 Å². The van der Waals surface area contributed by atoms with Crippen LogP contribution in [-0.2, 0) is 6.42 Å². The molecule has 1 heterocycles. The van der Waals surface area contributed by atoms with Crippen molar-refractivity contribution in [2.75, 3.05) is 7.05 Å². The topological polar surface area (TPSA) is 34.2 Å². The Labute approximate surface area is 116 Å². The number of hydrogen-bond donors (Lipinski definition) is 1. The van der Waals surface area contributed by atoms with Crippen LogP contribution in [0.15, 0.2) is 48.7 Å². The second kappa shape index (κ2) is 6.96. The molecule has 0 fully saturated rings. The van der Waals surface area contributed by atoms with Crippen LogP contribution >= 0.6 is 0 Å². The van der Waals surface area contributed by atoms with Gasteiger partial charge in [0.2, 0.25) is 0 Å². The highest BCUT2D eigenvalue weighted by Crippen LogP contribution is 2.22. The summed E-state index contributed by atoms with van der Waals surface area (Å²) < 4.78 is 28.9. The summed E-state index contributed by atoms with van der Waals surface area (Å²) in [4.78, 5) is 4.27. The summed E-state index contributed by atoms with van der Waals surface area (Å²) >= 11 is 0. The van der Waals surface area contributed by atoms with E-state index in [1.165, 1.54) is 6.07 Å². The zero-order valence-electron chi connectivity index (χ0n) is 11.1. The summed E-state index contributed by atoms with van der Waals surface area (Å²) in [6.07, 6.45) is 2.41. The van der Waals surface area contributed by atoms with E-state index < -0.39 is 6.61 Å². The predicted molar refractivity (Wildman–Crippen MR) is 72.8 cm³/mol. The first-order valence-electron chi connectivity index (χ1n) is 6.31. The highest BCUT2D eigenvalue weighted by Gasteiger charge is 2.12. The Bertz CT molecular complexity index is 534. The number of halogens is 2. The fourth-order valence-electron chi connectivity index (χ4n) is 2.02. The van der Waals surface area contributed by atoms with Gasteiger partial charge in [0.15, 0.2) is 0 Å². The summed E-state index contributed by atoms with van der Waals surface area (Å²) in [5, 5.41) is 3.16. The molecule has 0 aliphatic heterocycles. The summed E-state index contributed by atoms with van der Waals surface area (Å²) in [7, 11) is 1.83. The van der Waals surface area contributed by atoms with Gasteiger partial charge in [0.1, 0.15) is 5.75 Å². The van der Waals surface area contributed by atoms with Crippen LogP contribution in [0.25, 0.3) is 0 Å². The lowest BCUT2D eigenvalue weighted by Crippen LogP contribution is -2.19. The van der Waals surface area contributed by atoms with Crippen molar-refractivity contribution in [3.8, 4) is 5.75 Å². The third kappa shape index (κ3) is 3.99. The van der Waals surface area contributed by atoms with Crippen LogP contribution in [-0.4, -0.2) is 18.6 Å². The highest BCUT2D eigenvalue weighted by molar-refractivity contribution is 5.31. The molecule has 1 unspecified atom stereocenters. The number of rotatable bonds is 6. The maximum absolute atomic E-state index is 12.2. The van der Waals surface area contributed by atoms with Crippen LogP contribution in [0.1, 0.15) is 17.3 Å². The molecule has 1 N–H and O–H groups in total. The van der Waals surface area contributed by atoms with Gasteiger partial charge in [-0.25, -0.2) is 0 Å². The standard InChI is InChI=1S/C15H16F2N2O/c1-18-14(10-12-6-2-3-8-19-12)11-5-4-7-13(9-11)20-15(16)17/h2-9,14-15,18H,10H2,1H3. The quantitative estimate of drug-likeness (QED) is 0.881. The molecule has 1 aromatic heterocycles. The van der Waals surface area contributed by atoms with E-state index in [4.69, 9.17) is 0 Å². The fourth-order valence-corrected chi connectivity index (χ4v) is 2.02. The number of hydrogen-bond acceptors (Lipinski definition) is 3. The number of nitrogens with zero attached hydrogens (tertiary/aromatic N) is 1. The number of likely N-dealkylation sites (N-methyl/N-ethyl adjacent to an activating group) is 1. The Kier molecular flexibility index (Phi) is 5.01. The average molecular weight is 278 g/mol. The SMILES string of the molecule is CNC(Cc1ccccn1)c1cccc(OC(F)F)c1. The minimum Gasteiger partial charge on any atom is -0.435 e. The molecule has 0 bridgehead atoms.